The molecule has 8 heteroatoms. The summed E-state index contributed by atoms with van der Waals surface area (Å²) in [5.74, 6) is 0.253. The number of hydrogen-bond acceptors (Lipinski definition) is 5. The minimum atomic E-state index is -0.108. The molecule has 0 saturated heterocycles. The molecule has 23 heavy (non-hydrogen) atoms. The molecule has 0 aliphatic heterocycles. The summed E-state index contributed by atoms with van der Waals surface area (Å²) in [6, 6.07) is 0. The van der Waals surface area contributed by atoms with Crippen LogP contribution in [0.3, 0.4) is 0 Å². The van der Waals surface area contributed by atoms with E-state index in [2.05, 4.69) is 37.5 Å². The summed E-state index contributed by atoms with van der Waals surface area (Å²) >= 11 is 0. The van der Waals surface area contributed by atoms with Gasteiger partial charge in [-0.05, 0) is 38.3 Å². The van der Waals surface area contributed by atoms with E-state index < -0.39 is 0 Å². The maximum atomic E-state index is 12.0. The molecule has 120 valence electrons. The van der Waals surface area contributed by atoms with Crippen molar-refractivity contribution in [1.29, 1.82) is 0 Å². The lowest BCUT2D eigenvalue weighted by Crippen LogP contribution is -2.14. The number of carbonyl (C=O) groups excluding carboxylic acids is 1. The summed E-state index contributed by atoms with van der Waals surface area (Å²) in [6.45, 7) is 6.01. The molecule has 0 spiro atoms. The number of aryl methyl sites for hydroxylation is 4. The predicted octanol–water partition coefficient (Wildman–Crippen LogP) is 1.58. The zero-order valence-electron chi connectivity index (χ0n) is 13.6. The SMILES string of the molecule is Cc1nc2c(c(C)nn2C)c(C)c1CCC(=O)Nc1ncn[nH]1. The third-order valence-electron chi connectivity index (χ3n) is 4.00. The van der Waals surface area contributed by atoms with E-state index in [1.165, 1.54) is 6.33 Å². The first kappa shape index (κ1) is 15.1. The second kappa shape index (κ2) is 5.79. The minimum Gasteiger partial charge on any atom is -0.295 e. The van der Waals surface area contributed by atoms with Crippen molar-refractivity contribution in [2.75, 3.05) is 5.32 Å². The number of rotatable bonds is 4. The molecule has 1 amide bonds. The van der Waals surface area contributed by atoms with Crippen molar-refractivity contribution < 1.29 is 4.79 Å². The first-order chi connectivity index (χ1) is 11.0. The van der Waals surface area contributed by atoms with Crippen LogP contribution in [0, 0.1) is 20.8 Å². The molecule has 0 atom stereocenters. The van der Waals surface area contributed by atoms with Gasteiger partial charge in [0.25, 0.3) is 0 Å². The lowest BCUT2D eigenvalue weighted by atomic mass is 9.99. The van der Waals surface area contributed by atoms with Gasteiger partial charge in [0.1, 0.15) is 6.33 Å². The molecule has 0 radical (unpaired) electrons. The van der Waals surface area contributed by atoms with Gasteiger partial charge in [0.2, 0.25) is 11.9 Å². The van der Waals surface area contributed by atoms with E-state index >= 15 is 0 Å². The van der Waals surface area contributed by atoms with Crippen molar-refractivity contribution in [3.05, 3.63) is 28.8 Å². The molecule has 0 bridgehead atoms. The molecule has 3 aromatic heterocycles. The molecule has 0 fully saturated rings. The molecule has 0 aliphatic carbocycles. The molecule has 0 aliphatic rings. The summed E-state index contributed by atoms with van der Waals surface area (Å²) in [5, 5.41) is 14.5. The Hall–Kier alpha value is -2.77. The molecule has 3 heterocycles. The van der Waals surface area contributed by atoms with Gasteiger partial charge in [-0.1, -0.05) is 0 Å². The quantitative estimate of drug-likeness (QED) is 0.761. The number of H-pyrrole nitrogens is 1. The van der Waals surface area contributed by atoms with Crippen LogP contribution in [0.2, 0.25) is 0 Å². The number of amides is 1. The number of fused-ring (bicyclic) bond motifs is 1. The van der Waals surface area contributed by atoms with Crippen LogP contribution in [0.15, 0.2) is 6.33 Å². The van der Waals surface area contributed by atoms with Crippen molar-refractivity contribution >= 4 is 22.9 Å². The van der Waals surface area contributed by atoms with Gasteiger partial charge in [0.15, 0.2) is 5.65 Å². The van der Waals surface area contributed by atoms with E-state index in [4.69, 9.17) is 0 Å². The van der Waals surface area contributed by atoms with E-state index in [1.807, 2.05) is 20.9 Å². The van der Waals surface area contributed by atoms with Gasteiger partial charge in [0.05, 0.1) is 5.69 Å². The van der Waals surface area contributed by atoms with Crippen molar-refractivity contribution in [3.63, 3.8) is 0 Å². The minimum absolute atomic E-state index is 0.108. The lowest BCUT2D eigenvalue weighted by molar-refractivity contribution is -0.116. The van der Waals surface area contributed by atoms with Crippen LogP contribution in [0.25, 0.3) is 11.0 Å². The summed E-state index contributed by atoms with van der Waals surface area (Å²) in [5.41, 5.74) is 5.02. The van der Waals surface area contributed by atoms with E-state index in [-0.39, 0.29) is 5.91 Å². The maximum Gasteiger partial charge on any atom is 0.227 e. The normalized spacial score (nSPS) is 11.1. The number of carbonyl (C=O) groups is 1. The van der Waals surface area contributed by atoms with Gasteiger partial charge in [0, 0.05) is 24.5 Å². The maximum absolute atomic E-state index is 12.0. The third-order valence-corrected chi connectivity index (χ3v) is 4.00. The Bertz CT molecular complexity index is 864. The summed E-state index contributed by atoms with van der Waals surface area (Å²) < 4.78 is 1.80. The lowest BCUT2D eigenvalue weighted by Gasteiger charge is -2.11. The molecule has 0 unspecified atom stereocenters. The van der Waals surface area contributed by atoms with E-state index in [9.17, 15) is 4.79 Å². The molecule has 2 N–H and O–H groups in total. The highest BCUT2D eigenvalue weighted by atomic mass is 16.1. The van der Waals surface area contributed by atoms with Crippen LogP contribution in [0.1, 0.15) is 28.9 Å². The molecule has 3 aromatic rings. The number of pyridine rings is 1. The molecular formula is C15H19N7O. The second-order valence-electron chi connectivity index (χ2n) is 5.59. The van der Waals surface area contributed by atoms with Crippen LogP contribution in [0.4, 0.5) is 5.95 Å². The number of aromatic nitrogens is 6. The Morgan fingerprint density at radius 1 is 1.30 bits per heavy atom. The average Bonchev–Trinajstić information content (AvgIpc) is 3.07. The number of hydrogen-bond donors (Lipinski definition) is 2. The standard InChI is InChI=1S/C15H19N7O/c1-8-11(5-6-12(23)19-15-16-7-17-20-15)9(2)18-14-13(8)10(3)21-22(14)4/h7H,5-6H2,1-4H3,(H2,16,17,19,20,23). The van der Waals surface area contributed by atoms with Crippen molar-refractivity contribution in [2.24, 2.45) is 7.05 Å². The Kier molecular flexibility index (Phi) is 3.81. The number of aromatic amines is 1. The topological polar surface area (TPSA) is 101 Å². The summed E-state index contributed by atoms with van der Waals surface area (Å²) in [6.07, 6.45) is 2.33. The fourth-order valence-electron chi connectivity index (χ4n) is 2.93. The number of anilines is 1. The fourth-order valence-corrected chi connectivity index (χ4v) is 2.93. The molecule has 0 saturated carbocycles. The molecule has 0 aromatic carbocycles. The molecular weight excluding hydrogens is 294 g/mol. The second-order valence-corrected chi connectivity index (χ2v) is 5.59. The molecule has 3 rings (SSSR count). The Morgan fingerprint density at radius 2 is 2.09 bits per heavy atom. The van der Waals surface area contributed by atoms with Crippen molar-refractivity contribution in [3.8, 4) is 0 Å². The number of nitrogens with zero attached hydrogens (tertiary/aromatic N) is 5. The van der Waals surface area contributed by atoms with Crippen LogP contribution in [0.5, 0.6) is 0 Å². The summed E-state index contributed by atoms with van der Waals surface area (Å²) in [7, 11) is 1.89. The van der Waals surface area contributed by atoms with E-state index in [0.29, 0.717) is 18.8 Å². The highest BCUT2D eigenvalue weighted by Crippen LogP contribution is 2.26. The van der Waals surface area contributed by atoms with Crippen molar-refractivity contribution in [2.45, 2.75) is 33.6 Å². The third kappa shape index (κ3) is 2.79. The highest BCUT2D eigenvalue weighted by molar-refractivity contribution is 5.89. The van der Waals surface area contributed by atoms with Crippen molar-refractivity contribution in [1.82, 2.24) is 29.9 Å². The largest absolute Gasteiger partial charge is 0.295 e. The van der Waals surface area contributed by atoms with E-state index in [0.717, 1.165) is 33.5 Å². The Balaban J connectivity index is 1.82. The summed E-state index contributed by atoms with van der Waals surface area (Å²) in [4.78, 5) is 20.5. The predicted molar refractivity (Wildman–Crippen MR) is 86.1 cm³/mol. The molecule has 8 nitrogen and oxygen atoms in total. The van der Waals surface area contributed by atoms with Gasteiger partial charge in [-0.15, -0.1) is 0 Å². The highest BCUT2D eigenvalue weighted by Gasteiger charge is 2.16. The monoisotopic (exact) mass is 313 g/mol. The number of nitrogens with one attached hydrogen (secondary N) is 2. The van der Waals surface area contributed by atoms with Gasteiger partial charge < -0.3 is 0 Å². The van der Waals surface area contributed by atoms with Crippen LogP contribution in [-0.4, -0.2) is 35.9 Å². The van der Waals surface area contributed by atoms with E-state index in [1.54, 1.807) is 4.68 Å². The first-order valence-corrected chi connectivity index (χ1v) is 7.42. The van der Waals surface area contributed by atoms with Crippen LogP contribution in [-0.2, 0) is 18.3 Å². The fraction of sp³-hybridized carbons (Fsp3) is 0.400. The zero-order valence-corrected chi connectivity index (χ0v) is 13.6. The van der Waals surface area contributed by atoms with Gasteiger partial charge in [-0.2, -0.15) is 15.2 Å². The van der Waals surface area contributed by atoms with Gasteiger partial charge in [-0.25, -0.2) is 10.1 Å². The first-order valence-electron chi connectivity index (χ1n) is 7.42. The van der Waals surface area contributed by atoms with Gasteiger partial charge in [-0.3, -0.25) is 14.8 Å². The van der Waals surface area contributed by atoms with Crippen LogP contribution < -0.4 is 5.32 Å². The average molecular weight is 313 g/mol. The Labute approximate surface area is 133 Å². The van der Waals surface area contributed by atoms with Crippen LogP contribution >= 0.6 is 0 Å². The zero-order chi connectivity index (χ0) is 16.6. The van der Waals surface area contributed by atoms with Gasteiger partial charge >= 0.3 is 0 Å². The Morgan fingerprint density at radius 3 is 2.78 bits per heavy atom. The smallest absolute Gasteiger partial charge is 0.227 e.